The molecule has 2 aliphatic rings. The Morgan fingerprint density at radius 1 is 0.925 bits per heavy atom. The van der Waals surface area contributed by atoms with Crippen molar-refractivity contribution in [2.24, 2.45) is 0 Å². The quantitative estimate of drug-likeness (QED) is 0.231. The van der Waals surface area contributed by atoms with Gasteiger partial charge < -0.3 is 24.2 Å². The Labute approximate surface area is 234 Å². The first-order chi connectivity index (χ1) is 19.6. The second-order valence-corrected chi connectivity index (χ2v) is 9.84. The molecule has 0 bridgehead atoms. The molecule has 8 nitrogen and oxygen atoms in total. The fourth-order valence-electron chi connectivity index (χ4n) is 5.22. The Balaban J connectivity index is 1.41. The lowest BCUT2D eigenvalue weighted by Gasteiger charge is -2.29. The minimum Gasteiger partial charge on any atom is -0.507 e. The summed E-state index contributed by atoms with van der Waals surface area (Å²) in [5.74, 6) is -0.376. The third kappa shape index (κ3) is 6.03. The van der Waals surface area contributed by atoms with Gasteiger partial charge in [0, 0.05) is 37.3 Å². The average molecular weight is 543 g/mol. The van der Waals surface area contributed by atoms with E-state index in [9.17, 15) is 14.7 Å². The van der Waals surface area contributed by atoms with E-state index in [4.69, 9.17) is 14.2 Å². The van der Waals surface area contributed by atoms with Gasteiger partial charge in [-0.25, -0.2) is 0 Å². The number of hydrogen-bond donors (Lipinski definition) is 1. The molecule has 2 aliphatic heterocycles. The summed E-state index contributed by atoms with van der Waals surface area (Å²) in [6.45, 7) is 4.65. The first kappa shape index (κ1) is 27.4. The lowest BCUT2D eigenvalue weighted by atomic mass is 9.94. The minimum atomic E-state index is -0.769. The molecule has 2 saturated heterocycles. The van der Waals surface area contributed by atoms with Gasteiger partial charge in [0.25, 0.3) is 11.7 Å². The maximum Gasteiger partial charge on any atom is 0.295 e. The zero-order valence-electron chi connectivity index (χ0n) is 22.6. The topological polar surface area (TPSA) is 88.5 Å². The van der Waals surface area contributed by atoms with Crippen LogP contribution in [-0.4, -0.2) is 73.1 Å². The van der Waals surface area contributed by atoms with Crippen molar-refractivity contribution in [1.29, 1.82) is 0 Å². The molecular weight excluding hydrogens is 508 g/mol. The molecule has 0 aromatic heterocycles. The number of methoxy groups -OCH3 is 1. The number of aliphatic hydroxyl groups is 1. The highest BCUT2D eigenvalue weighted by Crippen LogP contribution is 2.42. The van der Waals surface area contributed by atoms with Crippen molar-refractivity contribution in [3.8, 4) is 11.5 Å². The largest absolute Gasteiger partial charge is 0.507 e. The van der Waals surface area contributed by atoms with E-state index < -0.39 is 17.7 Å². The summed E-state index contributed by atoms with van der Waals surface area (Å²) < 4.78 is 16.9. The molecule has 0 aliphatic carbocycles. The van der Waals surface area contributed by atoms with E-state index in [-0.39, 0.29) is 11.3 Å². The molecule has 0 radical (unpaired) electrons. The number of Topliss-reactive ketones (excluding diaryl/α,β-unsaturated/α-hetero) is 1. The minimum absolute atomic E-state index is 0.0545. The molecule has 1 amide bonds. The Hall–Kier alpha value is -4.14. The van der Waals surface area contributed by atoms with E-state index in [1.165, 1.54) is 0 Å². The zero-order valence-corrected chi connectivity index (χ0v) is 22.6. The lowest BCUT2D eigenvalue weighted by Crippen LogP contribution is -2.39. The van der Waals surface area contributed by atoms with Crippen LogP contribution in [0.1, 0.15) is 29.2 Å². The van der Waals surface area contributed by atoms with Gasteiger partial charge >= 0.3 is 0 Å². The van der Waals surface area contributed by atoms with Crippen LogP contribution >= 0.6 is 0 Å². The summed E-state index contributed by atoms with van der Waals surface area (Å²) >= 11 is 0. The maximum absolute atomic E-state index is 13.4. The average Bonchev–Trinajstić information content (AvgIpc) is 3.26. The summed E-state index contributed by atoms with van der Waals surface area (Å²) in [6, 6.07) is 23.2. The maximum atomic E-state index is 13.4. The van der Waals surface area contributed by atoms with Gasteiger partial charge in [-0.1, -0.05) is 48.5 Å². The Morgan fingerprint density at radius 3 is 2.35 bits per heavy atom. The number of para-hydroxylation sites is 1. The first-order valence-electron chi connectivity index (χ1n) is 13.6. The smallest absolute Gasteiger partial charge is 0.295 e. The molecule has 3 aromatic carbocycles. The number of amides is 1. The van der Waals surface area contributed by atoms with Crippen LogP contribution < -0.4 is 9.47 Å². The van der Waals surface area contributed by atoms with Crippen molar-refractivity contribution < 1.29 is 28.9 Å². The van der Waals surface area contributed by atoms with Gasteiger partial charge in [0.05, 0.1) is 31.9 Å². The number of nitrogens with zero attached hydrogens (tertiary/aromatic N) is 2. The molecule has 0 saturated carbocycles. The molecule has 1 unspecified atom stereocenters. The van der Waals surface area contributed by atoms with Crippen LogP contribution in [0.15, 0.2) is 84.4 Å². The van der Waals surface area contributed by atoms with Crippen molar-refractivity contribution in [2.75, 3.05) is 46.5 Å². The molecule has 5 rings (SSSR count). The number of carbonyl (C=O) groups excluding carboxylic acids is 2. The van der Waals surface area contributed by atoms with Crippen LogP contribution in [-0.2, 0) is 20.9 Å². The van der Waals surface area contributed by atoms with Crippen LogP contribution in [0, 0.1) is 0 Å². The van der Waals surface area contributed by atoms with Gasteiger partial charge in [-0.05, 0) is 42.3 Å². The number of aliphatic hydroxyl groups excluding tert-OH is 1. The highest BCUT2D eigenvalue weighted by atomic mass is 16.5. The highest BCUT2D eigenvalue weighted by molar-refractivity contribution is 6.46. The highest BCUT2D eigenvalue weighted by Gasteiger charge is 2.46. The number of morpholine rings is 1. The number of ketones is 1. The molecule has 2 heterocycles. The van der Waals surface area contributed by atoms with Crippen molar-refractivity contribution in [2.45, 2.75) is 19.1 Å². The van der Waals surface area contributed by atoms with E-state index in [1.54, 1.807) is 42.3 Å². The molecule has 1 N–H and O–H groups in total. The van der Waals surface area contributed by atoms with Gasteiger partial charge in [-0.15, -0.1) is 0 Å². The third-order valence-corrected chi connectivity index (χ3v) is 7.33. The van der Waals surface area contributed by atoms with Crippen LogP contribution in [0.5, 0.6) is 11.5 Å². The van der Waals surface area contributed by atoms with E-state index in [2.05, 4.69) is 4.90 Å². The number of hydrogen-bond acceptors (Lipinski definition) is 7. The Kier molecular flexibility index (Phi) is 8.78. The normalized spacial score (nSPS) is 19.1. The van der Waals surface area contributed by atoms with Gasteiger partial charge in [-0.2, -0.15) is 0 Å². The summed E-state index contributed by atoms with van der Waals surface area (Å²) in [6.07, 6.45) is 0.687. The molecule has 3 aromatic rings. The third-order valence-electron chi connectivity index (χ3n) is 7.33. The summed E-state index contributed by atoms with van der Waals surface area (Å²) in [5.41, 5.74) is 2.18. The lowest BCUT2D eigenvalue weighted by molar-refractivity contribution is -0.140. The molecule has 40 heavy (non-hydrogen) atoms. The van der Waals surface area contributed by atoms with Crippen LogP contribution in [0.3, 0.4) is 0 Å². The van der Waals surface area contributed by atoms with Crippen molar-refractivity contribution in [1.82, 2.24) is 9.80 Å². The predicted molar refractivity (Wildman–Crippen MR) is 151 cm³/mol. The summed E-state index contributed by atoms with van der Waals surface area (Å²) in [7, 11) is 1.55. The second-order valence-electron chi connectivity index (χ2n) is 9.84. The molecule has 208 valence electrons. The Morgan fingerprint density at radius 2 is 1.62 bits per heavy atom. The van der Waals surface area contributed by atoms with Crippen LogP contribution in [0.25, 0.3) is 5.76 Å². The molecule has 0 spiro atoms. The molecule has 8 heteroatoms. The van der Waals surface area contributed by atoms with E-state index >= 15 is 0 Å². The van der Waals surface area contributed by atoms with Gasteiger partial charge in [0.15, 0.2) is 0 Å². The molecular formula is C32H34N2O6. The number of ether oxygens (including phenoxy) is 3. The van der Waals surface area contributed by atoms with Gasteiger partial charge in [-0.3, -0.25) is 14.5 Å². The van der Waals surface area contributed by atoms with Gasteiger partial charge in [0.2, 0.25) is 0 Å². The number of rotatable bonds is 10. The van der Waals surface area contributed by atoms with Crippen LogP contribution in [0.2, 0.25) is 0 Å². The van der Waals surface area contributed by atoms with E-state index in [1.807, 2.05) is 48.5 Å². The van der Waals surface area contributed by atoms with E-state index in [0.717, 1.165) is 25.2 Å². The summed E-state index contributed by atoms with van der Waals surface area (Å²) in [5, 5.41) is 11.4. The number of carbonyl (C=O) groups is 2. The fraction of sp³-hybridized carbons (Fsp3) is 0.312. The van der Waals surface area contributed by atoms with Crippen molar-refractivity contribution >= 4 is 17.4 Å². The van der Waals surface area contributed by atoms with E-state index in [0.29, 0.717) is 55.4 Å². The predicted octanol–water partition coefficient (Wildman–Crippen LogP) is 4.42. The van der Waals surface area contributed by atoms with Gasteiger partial charge in [0.1, 0.15) is 23.9 Å². The zero-order chi connectivity index (χ0) is 27.9. The Bertz CT molecular complexity index is 1350. The summed E-state index contributed by atoms with van der Waals surface area (Å²) in [4.78, 5) is 30.6. The monoisotopic (exact) mass is 542 g/mol. The second kappa shape index (κ2) is 12.8. The van der Waals surface area contributed by atoms with Crippen molar-refractivity contribution in [3.05, 3.63) is 101 Å². The molecule has 2 fully saturated rings. The van der Waals surface area contributed by atoms with Crippen molar-refractivity contribution in [3.63, 3.8) is 0 Å². The SMILES string of the molecule is COc1ccccc1C1/C(=C(\O)c2ccc(OCc3ccccc3)cc2)C(=O)C(=O)N1CCCN1CCOCC1. The van der Waals surface area contributed by atoms with Crippen LogP contribution in [0.4, 0.5) is 0 Å². The standard InChI is InChI=1S/C32H34N2O6/c1-38-27-11-6-5-10-26(27)29-28(31(36)32(37)34(29)17-7-16-33-18-20-39-21-19-33)30(35)24-12-14-25(15-13-24)40-22-23-8-3-2-4-9-23/h2-6,8-15,29,35H,7,16-22H2,1H3/b30-28+. The number of benzene rings is 3. The molecule has 1 atom stereocenters. The first-order valence-corrected chi connectivity index (χ1v) is 13.6. The fourth-order valence-corrected chi connectivity index (χ4v) is 5.22. The number of likely N-dealkylation sites (tertiary alicyclic amines) is 1.